The maximum absolute atomic E-state index is 2.25. The fourth-order valence-electron chi connectivity index (χ4n) is 2.12. The van der Waals surface area contributed by atoms with Crippen LogP contribution in [0.4, 0.5) is 0 Å². The summed E-state index contributed by atoms with van der Waals surface area (Å²) in [5.74, 6) is 0. The van der Waals surface area contributed by atoms with Crippen molar-refractivity contribution in [2.45, 2.75) is 0 Å². The Morgan fingerprint density at radius 2 is 1.29 bits per heavy atom. The first kappa shape index (κ1) is 15.9. The van der Waals surface area contributed by atoms with Crippen molar-refractivity contribution in [3.63, 3.8) is 0 Å². The predicted molar refractivity (Wildman–Crippen MR) is 92.7 cm³/mol. The molecule has 2 nitrogen and oxygen atoms in total. The van der Waals surface area contributed by atoms with Crippen LogP contribution in [0, 0.1) is 0 Å². The fraction of sp³-hybridized carbons (Fsp3) is 0.222. The average Bonchev–Trinajstić information content (AvgIpc) is 2.49. The van der Waals surface area contributed by atoms with Crippen LogP contribution in [-0.4, -0.2) is 61.9 Å². The molecule has 2 aromatic rings. The Labute approximate surface area is 134 Å². The topological polar surface area (TPSA) is 6.25 Å². The van der Waals surface area contributed by atoms with Gasteiger partial charge < -0.3 is 0 Å². The summed E-state index contributed by atoms with van der Waals surface area (Å²) in [4.78, 5) is 2.25. The van der Waals surface area contributed by atoms with E-state index >= 15 is 0 Å². The molecule has 0 saturated carbocycles. The first-order valence-electron chi connectivity index (χ1n) is 7.00. The van der Waals surface area contributed by atoms with Gasteiger partial charge in [-0.1, -0.05) is 0 Å². The molecule has 2 rings (SSSR count). The molecule has 0 aliphatic rings. The van der Waals surface area contributed by atoms with Crippen molar-refractivity contribution < 1.29 is 4.58 Å². The summed E-state index contributed by atoms with van der Waals surface area (Å²) in [6.07, 6.45) is 0. The van der Waals surface area contributed by atoms with Crippen molar-refractivity contribution in [3.8, 4) is 0 Å². The van der Waals surface area contributed by atoms with Gasteiger partial charge in [0.15, 0.2) is 0 Å². The molecule has 2 aromatic carbocycles. The second-order valence-electron chi connectivity index (χ2n) is 5.28. The normalized spacial score (nSPS) is 11.6. The quantitative estimate of drug-likeness (QED) is 0.469. The summed E-state index contributed by atoms with van der Waals surface area (Å²) < 4.78 is 5.08. The van der Waals surface area contributed by atoms with E-state index in [9.17, 15) is 0 Å². The molecule has 0 heterocycles. The molecule has 0 bridgehead atoms. The summed E-state index contributed by atoms with van der Waals surface area (Å²) in [5, 5.41) is 0. The van der Waals surface area contributed by atoms with Gasteiger partial charge in [-0.15, -0.1) is 0 Å². The molecule has 0 radical (unpaired) electrons. The van der Waals surface area contributed by atoms with Crippen LogP contribution < -0.4 is 0 Å². The third-order valence-corrected chi connectivity index (χ3v) is 6.77. The van der Waals surface area contributed by atoms with Crippen molar-refractivity contribution in [2.75, 3.05) is 28.2 Å². The molecule has 0 N–H and O–H groups in total. The van der Waals surface area contributed by atoms with Gasteiger partial charge in [-0.2, -0.15) is 0 Å². The fourth-order valence-corrected chi connectivity index (χ4v) is 4.55. The Balaban J connectivity index is 2.53. The molecular weight excluding hydrogens is 319 g/mol. The van der Waals surface area contributed by atoms with E-state index in [4.69, 9.17) is 0 Å². The van der Waals surface area contributed by atoms with Gasteiger partial charge in [0.25, 0.3) is 0 Å². The molecule has 0 aliphatic heterocycles. The number of hydrogen-bond donors (Lipinski definition) is 0. The number of rotatable bonds is 4. The van der Waals surface area contributed by atoms with Gasteiger partial charge in [-0.3, -0.25) is 0 Å². The van der Waals surface area contributed by atoms with Crippen LogP contribution in [-0.2, 0) is 0 Å². The van der Waals surface area contributed by atoms with E-state index in [1.807, 2.05) is 0 Å². The van der Waals surface area contributed by atoms with Crippen LogP contribution in [0.15, 0.2) is 60.7 Å². The van der Waals surface area contributed by atoms with Crippen LogP contribution in [0.3, 0.4) is 0 Å². The number of benzene rings is 2. The Morgan fingerprint density at radius 3 is 1.71 bits per heavy atom. The van der Waals surface area contributed by atoms with Gasteiger partial charge in [0.05, 0.1) is 0 Å². The van der Waals surface area contributed by atoms with Crippen molar-refractivity contribution in [1.82, 2.24) is 4.90 Å². The van der Waals surface area contributed by atoms with Crippen LogP contribution in [0.25, 0.3) is 0 Å². The van der Waals surface area contributed by atoms with E-state index in [0.29, 0.717) is 0 Å². The molecule has 0 unspecified atom stereocenters. The third-order valence-electron chi connectivity index (χ3n) is 3.12. The second kappa shape index (κ2) is 7.49. The molecule has 0 saturated heterocycles. The van der Waals surface area contributed by atoms with E-state index in [0.717, 1.165) is 0 Å². The molecular formula is C18H22AsN2+. The summed E-state index contributed by atoms with van der Waals surface area (Å²) in [6, 6.07) is 21.4. The van der Waals surface area contributed by atoms with Crippen LogP contribution in [0.5, 0.6) is 0 Å². The third kappa shape index (κ3) is 4.23. The van der Waals surface area contributed by atoms with E-state index in [-0.39, 0.29) is 15.3 Å². The van der Waals surface area contributed by atoms with Crippen LogP contribution in [0.1, 0.15) is 11.1 Å². The Kier molecular flexibility index (Phi) is 5.66. The minimum atomic E-state index is -0.0868. The van der Waals surface area contributed by atoms with Gasteiger partial charge in [0.1, 0.15) is 0 Å². The van der Waals surface area contributed by atoms with E-state index in [2.05, 4.69) is 98.3 Å². The molecule has 0 spiro atoms. The Hall–Kier alpha value is -1.50. The predicted octanol–water partition coefficient (Wildman–Crippen LogP) is 2.15. The molecule has 0 aromatic heterocycles. The monoisotopic (exact) mass is 341 g/mol. The zero-order chi connectivity index (χ0) is 15.2. The van der Waals surface area contributed by atoms with E-state index in [1.54, 1.807) is 0 Å². The number of nitrogens with zero attached hydrogens (tertiary/aromatic N) is 2. The first-order valence-corrected chi connectivity index (χ1v) is 8.88. The molecule has 3 heteroatoms. The molecule has 108 valence electrons. The second-order valence-corrected chi connectivity index (χ2v) is 7.53. The van der Waals surface area contributed by atoms with Crippen LogP contribution >= 0.6 is 0 Å². The summed E-state index contributed by atoms with van der Waals surface area (Å²) >= 11 is -0.0868. The van der Waals surface area contributed by atoms with Crippen LogP contribution in [0.2, 0.25) is 0 Å². The van der Waals surface area contributed by atoms with Gasteiger partial charge in [-0.25, -0.2) is 0 Å². The minimum absolute atomic E-state index is 0.0868. The van der Waals surface area contributed by atoms with Crippen molar-refractivity contribution >= 4 is 24.2 Å². The van der Waals surface area contributed by atoms with E-state index < -0.39 is 0 Å². The summed E-state index contributed by atoms with van der Waals surface area (Å²) in [6.45, 7) is 0. The van der Waals surface area contributed by atoms with E-state index in [1.165, 1.54) is 20.1 Å². The SMILES string of the molecule is CN(C)C(=[As]C(c1ccccc1)=[N+](C)C)c1ccccc1. The molecule has 0 fully saturated rings. The average molecular weight is 341 g/mol. The zero-order valence-corrected chi connectivity index (χ0v) is 15.0. The number of hydrogen-bond acceptors (Lipinski definition) is 1. The summed E-state index contributed by atoms with van der Waals surface area (Å²) in [7, 11) is 8.54. The van der Waals surface area contributed by atoms with Gasteiger partial charge in [0, 0.05) is 0 Å². The van der Waals surface area contributed by atoms with Gasteiger partial charge in [0.2, 0.25) is 0 Å². The molecule has 21 heavy (non-hydrogen) atoms. The van der Waals surface area contributed by atoms with Gasteiger partial charge >= 0.3 is 134 Å². The molecule has 0 aliphatic carbocycles. The molecule has 0 atom stereocenters. The Bertz CT molecular complexity index is 639. The van der Waals surface area contributed by atoms with Crippen molar-refractivity contribution in [2.24, 2.45) is 0 Å². The first-order chi connectivity index (χ1) is 10.1. The van der Waals surface area contributed by atoms with Crippen molar-refractivity contribution in [1.29, 1.82) is 0 Å². The van der Waals surface area contributed by atoms with Crippen molar-refractivity contribution in [3.05, 3.63) is 71.8 Å². The Morgan fingerprint density at radius 1 is 0.810 bits per heavy atom. The van der Waals surface area contributed by atoms with Gasteiger partial charge in [-0.05, 0) is 0 Å². The maximum atomic E-state index is 2.25. The standard InChI is InChI=1S/C18H22AsN2/c1-20(2)17(15-11-7-5-8-12-15)19-18(21(3)4)16-13-9-6-10-14-16/h5-14H,1-4H3/q+1. The zero-order valence-electron chi connectivity index (χ0n) is 13.1. The molecule has 0 amide bonds. The summed E-state index contributed by atoms with van der Waals surface area (Å²) in [5.41, 5.74) is 2.63.